The molecule has 2 aromatic rings. The average Bonchev–Trinajstić information content (AvgIpc) is 2.53. The van der Waals surface area contributed by atoms with Crippen molar-refractivity contribution in [2.75, 3.05) is 32.8 Å². The molecule has 4 nitrogen and oxygen atoms in total. The van der Waals surface area contributed by atoms with Crippen LogP contribution in [0, 0.1) is 0 Å². The Morgan fingerprint density at radius 3 is 2.67 bits per heavy atom. The van der Waals surface area contributed by atoms with Crippen molar-refractivity contribution in [3.8, 4) is 0 Å². The van der Waals surface area contributed by atoms with Crippen LogP contribution >= 0.6 is 0 Å². The number of morpholine rings is 1. The smallest absolute Gasteiger partial charge is 0.249 e. The SMILES string of the molecule is NC(=O)c1c(CCN2CCOCC2)ccc2ccccc12. The van der Waals surface area contributed by atoms with Crippen LogP contribution in [0.5, 0.6) is 0 Å². The third kappa shape index (κ3) is 3.06. The van der Waals surface area contributed by atoms with Crippen molar-refractivity contribution in [3.63, 3.8) is 0 Å². The van der Waals surface area contributed by atoms with Crippen LogP contribution in [0.15, 0.2) is 36.4 Å². The van der Waals surface area contributed by atoms with Crippen LogP contribution in [0.4, 0.5) is 0 Å². The third-order valence-corrected chi connectivity index (χ3v) is 4.06. The number of ether oxygens (including phenoxy) is 1. The summed E-state index contributed by atoms with van der Waals surface area (Å²) in [5.74, 6) is -0.344. The molecule has 1 heterocycles. The van der Waals surface area contributed by atoms with Gasteiger partial charge in [0.05, 0.1) is 18.8 Å². The van der Waals surface area contributed by atoms with Gasteiger partial charge >= 0.3 is 0 Å². The summed E-state index contributed by atoms with van der Waals surface area (Å²) in [6.07, 6.45) is 0.836. The third-order valence-electron chi connectivity index (χ3n) is 4.06. The number of carbonyl (C=O) groups excluding carboxylic acids is 1. The van der Waals surface area contributed by atoms with E-state index in [2.05, 4.69) is 11.0 Å². The second-order valence-electron chi connectivity index (χ2n) is 5.39. The summed E-state index contributed by atoms with van der Waals surface area (Å²) in [5, 5.41) is 2.01. The van der Waals surface area contributed by atoms with Crippen LogP contribution in [-0.2, 0) is 11.2 Å². The molecular formula is C17H20N2O2. The van der Waals surface area contributed by atoms with Crippen LogP contribution in [0.1, 0.15) is 15.9 Å². The second kappa shape index (κ2) is 6.24. The van der Waals surface area contributed by atoms with Crippen LogP contribution in [0.2, 0.25) is 0 Å². The Bertz CT molecular complexity index is 648. The lowest BCUT2D eigenvalue weighted by molar-refractivity contribution is 0.0384. The molecule has 21 heavy (non-hydrogen) atoms. The normalized spacial score (nSPS) is 16.2. The molecule has 3 rings (SSSR count). The zero-order valence-corrected chi connectivity index (χ0v) is 12.0. The van der Waals surface area contributed by atoms with Gasteiger partial charge in [-0.1, -0.05) is 36.4 Å². The first-order valence-electron chi connectivity index (χ1n) is 7.36. The van der Waals surface area contributed by atoms with Crippen molar-refractivity contribution in [3.05, 3.63) is 47.5 Å². The Morgan fingerprint density at radius 2 is 1.90 bits per heavy atom. The lowest BCUT2D eigenvalue weighted by atomic mass is 9.96. The van der Waals surface area contributed by atoms with E-state index in [0.29, 0.717) is 5.56 Å². The molecular weight excluding hydrogens is 264 g/mol. The highest BCUT2D eigenvalue weighted by Crippen LogP contribution is 2.23. The standard InChI is InChI=1S/C17H20N2O2/c18-17(20)16-14(7-8-19-9-11-21-12-10-19)6-5-13-3-1-2-4-15(13)16/h1-6H,7-12H2,(H2,18,20). The summed E-state index contributed by atoms with van der Waals surface area (Å²) in [6, 6.07) is 12.0. The molecule has 0 aromatic heterocycles. The lowest BCUT2D eigenvalue weighted by Crippen LogP contribution is -2.37. The molecule has 0 unspecified atom stereocenters. The minimum atomic E-state index is -0.344. The Hall–Kier alpha value is -1.91. The van der Waals surface area contributed by atoms with Crippen LogP contribution < -0.4 is 5.73 Å². The summed E-state index contributed by atoms with van der Waals surface area (Å²) in [6.45, 7) is 4.43. The predicted molar refractivity (Wildman–Crippen MR) is 83.4 cm³/mol. The number of hydrogen-bond donors (Lipinski definition) is 1. The van der Waals surface area contributed by atoms with Crippen molar-refractivity contribution in [2.24, 2.45) is 5.73 Å². The molecule has 1 saturated heterocycles. The molecule has 0 spiro atoms. The number of rotatable bonds is 4. The van der Waals surface area contributed by atoms with Crippen molar-refractivity contribution >= 4 is 16.7 Å². The number of nitrogens with zero attached hydrogens (tertiary/aromatic N) is 1. The van der Waals surface area contributed by atoms with E-state index in [1.54, 1.807) is 0 Å². The number of hydrogen-bond acceptors (Lipinski definition) is 3. The van der Waals surface area contributed by atoms with E-state index >= 15 is 0 Å². The number of carbonyl (C=O) groups is 1. The topological polar surface area (TPSA) is 55.6 Å². The predicted octanol–water partition coefficient (Wildman–Crippen LogP) is 1.81. The van der Waals surface area contributed by atoms with E-state index in [9.17, 15) is 4.79 Å². The fourth-order valence-corrected chi connectivity index (χ4v) is 2.92. The molecule has 1 fully saturated rings. The summed E-state index contributed by atoms with van der Waals surface area (Å²) < 4.78 is 5.36. The zero-order chi connectivity index (χ0) is 14.7. The molecule has 1 aliphatic rings. The Morgan fingerprint density at radius 1 is 1.14 bits per heavy atom. The van der Waals surface area contributed by atoms with E-state index in [-0.39, 0.29) is 5.91 Å². The van der Waals surface area contributed by atoms with Crippen LogP contribution in [0.25, 0.3) is 10.8 Å². The number of amides is 1. The fourth-order valence-electron chi connectivity index (χ4n) is 2.92. The Balaban J connectivity index is 1.87. The molecule has 1 amide bonds. The van der Waals surface area contributed by atoms with E-state index in [4.69, 9.17) is 10.5 Å². The quantitative estimate of drug-likeness (QED) is 0.931. The molecule has 1 aliphatic heterocycles. The maximum Gasteiger partial charge on any atom is 0.249 e. The molecule has 0 bridgehead atoms. The van der Waals surface area contributed by atoms with Gasteiger partial charge in [0, 0.05) is 19.6 Å². The van der Waals surface area contributed by atoms with E-state index in [1.807, 2.05) is 30.3 Å². The van der Waals surface area contributed by atoms with Crippen LogP contribution in [-0.4, -0.2) is 43.7 Å². The highest BCUT2D eigenvalue weighted by molar-refractivity contribution is 6.07. The largest absolute Gasteiger partial charge is 0.379 e. The molecule has 2 aromatic carbocycles. The molecule has 0 aliphatic carbocycles. The van der Waals surface area contributed by atoms with E-state index < -0.39 is 0 Å². The average molecular weight is 284 g/mol. The van der Waals surface area contributed by atoms with Crippen molar-refractivity contribution < 1.29 is 9.53 Å². The van der Waals surface area contributed by atoms with Gasteiger partial charge in [0.2, 0.25) is 5.91 Å². The minimum absolute atomic E-state index is 0.344. The van der Waals surface area contributed by atoms with E-state index in [0.717, 1.165) is 55.6 Å². The maximum absolute atomic E-state index is 11.9. The summed E-state index contributed by atoms with van der Waals surface area (Å²) in [4.78, 5) is 14.2. The first-order valence-corrected chi connectivity index (χ1v) is 7.36. The minimum Gasteiger partial charge on any atom is -0.379 e. The van der Waals surface area contributed by atoms with Gasteiger partial charge in [0.1, 0.15) is 0 Å². The highest BCUT2D eigenvalue weighted by atomic mass is 16.5. The van der Waals surface area contributed by atoms with Gasteiger partial charge in [0.15, 0.2) is 0 Å². The van der Waals surface area contributed by atoms with Gasteiger partial charge in [-0.05, 0) is 22.8 Å². The number of nitrogens with two attached hydrogens (primary N) is 1. The monoisotopic (exact) mass is 284 g/mol. The summed E-state index contributed by atoms with van der Waals surface area (Å²) in [7, 11) is 0. The fraction of sp³-hybridized carbons (Fsp3) is 0.353. The molecule has 2 N–H and O–H groups in total. The van der Waals surface area contributed by atoms with Gasteiger partial charge in [-0.25, -0.2) is 0 Å². The number of fused-ring (bicyclic) bond motifs is 1. The highest BCUT2D eigenvalue weighted by Gasteiger charge is 2.15. The van der Waals surface area contributed by atoms with Gasteiger partial charge in [-0.2, -0.15) is 0 Å². The van der Waals surface area contributed by atoms with Gasteiger partial charge in [0.25, 0.3) is 0 Å². The van der Waals surface area contributed by atoms with Crippen molar-refractivity contribution in [1.82, 2.24) is 4.90 Å². The van der Waals surface area contributed by atoms with Gasteiger partial charge < -0.3 is 10.5 Å². The van der Waals surface area contributed by atoms with E-state index in [1.165, 1.54) is 0 Å². The van der Waals surface area contributed by atoms with Crippen molar-refractivity contribution in [1.29, 1.82) is 0 Å². The van der Waals surface area contributed by atoms with Crippen LogP contribution in [0.3, 0.4) is 0 Å². The molecule has 0 saturated carbocycles. The maximum atomic E-state index is 11.9. The molecule has 0 atom stereocenters. The Kier molecular flexibility index (Phi) is 4.18. The summed E-state index contributed by atoms with van der Waals surface area (Å²) >= 11 is 0. The molecule has 110 valence electrons. The number of benzene rings is 2. The molecule has 4 heteroatoms. The second-order valence-corrected chi connectivity index (χ2v) is 5.39. The summed E-state index contributed by atoms with van der Waals surface area (Å²) in [5.41, 5.74) is 7.32. The lowest BCUT2D eigenvalue weighted by Gasteiger charge is -2.26. The molecule has 0 radical (unpaired) electrons. The first-order chi connectivity index (χ1) is 10.3. The Labute approximate surface area is 124 Å². The van der Waals surface area contributed by atoms with Gasteiger partial charge in [-0.3, -0.25) is 9.69 Å². The zero-order valence-electron chi connectivity index (χ0n) is 12.0. The van der Waals surface area contributed by atoms with Crippen molar-refractivity contribution in [2.45, 2.75) is 6.42 Å². The van der Waals surface area contributed by atoms with Gasteiger partial charge in [-0.15, -0.1) is 0 Å². The first kappa shape index (κ1) is 14.0. The number of primary amides is 1.